The molecule has 1 fully saturated rings. The molecule has 4 rings (SSSR count). The summed E-state index contributed by atoms with van der Waals surface area (Å²) in [5.74, 6) is -0.234. The van der Waals surface area contributed by atoms with Crippen molar-refractivity contribution in [2.45, 2.75) is 13.1 Å². The van der Waals surface area contributed by atoms with Crippen molar-refractivity contribution in [1.29, 1.82) is 0 Å². The maximum absolute atomic E-state index is 12.8. The van der Waals surface area contributed by atoms with E-state index >= 15 is 0 Å². The minimum atomic E-state index is -0.541. The smallest absolute Gasteiger partial charge is 0.332 e. The molecule has 1 amide bonds. The minimum absolute atomic E-state index is 0.234. The fraction of sp³-hybridized carbons (Fsp3) is 0.400. The Kier molecular flexibility index (Phi) is 5.48. The lowest BCUT2D eigenvalue weighted by molar-refractivity contribution is -0.133. The Morgan fingerprint density at radius 3 is 2.40 bits per heavy atom. The zero-order chi connectivity index (χ0) is 21.4. The second-order valence-electron chi connectivity index (χ2n) is 7.54. The van der Waals surface area contributed by atoms with E-state index < -0.39 is 11.2 Å². The van der Waals surface area contributed by atoms with E-state index in [9.17, 15) is 14.4 Å². The van der Waals surface area contributed by atoms with Crippen molar-refractivity contribution in [2.24, 2.45) is 14.1 Å². The quantitative estimate of drug-likeness (QED) is 0.599. The van der Waals surface area contributed by atoms with Crippen molar-refractivity contribution in [1.82, 2.24) is 28.5 Å². The van der Waals surface area contributed by atoms with Gasteiger partial charge in [-0.3, -0.25) is 19.1 Å². The highest BCUT2D eigenvalue weighted by atomic mass is 35.5. The number of hydrogen-bond acceptors (Lipinski definition) is 5. The van der Waals surface area contributed by atoms with Crippen LogP contribution in [-0.2, 0) is 32.0 Å². The van der Waals surface area contributed by atoms with Crippen LogP contribution in [0.15, 0.2) is 40.2 Å². The molecule has 3 aromatic rings. The van der Waals surface area contributed by atoms with E-state index in [1.54, 1.807) is 23.6 Å². The predicted octanol–water partition coefficient (Wildman–Crippen LogP) is 0.432. The highest BCUT2D eigenvalue weighted by Gasteiger charge is 2.23. The monoisotopic (exact) mass is 430 g/mol. The van der Waals surface area contributed by atoms with Gasteiger partial charge in [-0.1, -0.05) is 23.7 Å². The Morgan fingerprint density at radius 2 is 1.73 bits per heavy atom. The fourth-order valence-corrected chi connectivity index (χ4v) is 3.90. The molecule has 0 bridgehead atoms. The van der Waals surface area contributed by atoms with Gasteiger partial charge in [0.2, 0.25) is 5.91 Å². The molecule has 3 heterocycles. The summed E-state index contributed by atoms with van der Waals surface area (Å²) in [6, 6.07) is 7.73. The number of piperazine rings is 1. The summed E-state index contributed by atoms with van der Waals surface area (Å²) in [7, 11) is 3.24. The van der Waals surface area contributed by atoms with Crippen LogP contribution in [0.2, 0.25) is 5.02 Å². The summed E-state index contributed by atoms with van der Waals surface area (Å²) in [5, 5.41) is 0.708. The van der Waals surface area contributed by atoms with Gasteiger partial charge in [-0.25, -0.2) is 14.3 Å². The highest BCUT2D eigenvalue weighted by molar-refractivity contribution is 6.30. The van der Waals surface area contributed by atoms with E-state index in [4.69, 9.17) is 11.6 Å². The molecule has 0 unspecified atom stereocenters. The first-order chi connectivity index (χ1) is 14.3. The summed E-state index contributed by atoms with van der Waals surface area (Å²) in [6.07, 6.45) is 1.48. The van der Waals surface area contributed by atoms with Crippen LogP contribution in [0.5, 0.6) is 0 Å². The standard InChI is InChI=1S/C20H23ClN6O3/c1-23-13-22-18-17(23)19(29)27(20(30)24(18)2)12-16(28)26-9-7-25(8-10-26)11-14-3-5-15(21)6-4-14/h3-6,13H,7-12H2,1-2H3. The third-order valence-electron chi connectivity index (χ3n) is 5.54. The lowest BCUT2D eigenvalue weighted by Crippen LogP contribution is -2.51. The summed E-state index contributed by atoms with van der Waals surface area (Å²) < 4.78 is 3.86. The molecule has 0 aliphatic carbocycles. The van der Waals surface area contributed by atoms with E-state index in [0.717, 1.165) is 24.2 Å². The Morgan fingerprint density at radius 1 is 1.07 bits per heavy atom. The van der Waals surface area contributed by atoms with Gasteiger partial charge in [0.25, 0.3) is 5.56 Å². The lowest BCUT2D eigenvalue weighted by Gasteiger charge is -2.34. The van der Waals surface area contributed by atoms with Gasteiger partial charge < -0.3 is 9.47 Å². The van der Waals surface area contributed by atoms with E-state index in [2.05, 4.69) is 9.88 Å². The topological polar surface area (TPSA) is 85.4 Å². The van der Waals surface area contributed by atoms with Crippen LogP contribution in [0.4, 0.5) is 0 Å². The lowest BCUT2D eigenvalue weighted by atomic mass is 10.2. The van der Waals surface area contributed by atoms with E-state index in [-0.39, 0.29) is 12.5 Å². The maximum Gasteiger partial charge on any atom is 0.332 e. The Bertz CT molecular complexity index is 1200. The number of halogens is 1. The molecular weight excluding hydrogens is 408 g/mol. The second kappa shape index (κ2) is 8.08. The molecule has 1 aliphatic rings. The maximum atomic E-state index is 12.8. The van der Waals surface area contributed by atoms with E-state index in [1.165, 1.54) is 16.5 Å². The number of aryl methyl sites for hydroxylation is 2. The Labute approximate surface area is 177 Å². The number of hydrogen-bond donors (Lipinski definition) is 0. The largest absolute Gasteiger partial charge is 0.339 e. The normalized spacial score (nSPS) is 15.1. The number of aromatic nitrogens is 4. The number of amides is 1. The number of fused-ring (bicyclic) bond motifs is 1. The van der Waals surface area contributed by atoms with Crippen molar-refractivity contribution in [3.63, 3.8) is 0 Å². The average molecular weight is 431 g/mol. The predicted molar refractivity (Wildman–Crippen MR) is 114 cm³/mol. The van der Waals surface area contributed by atoms with E-state index in [1.807, 2.05) is 24.3 Å². The van der Waals surface area contributed by atoms with Gasteiger partial charge in [0.05, 0.1) is 6.33 Å². The van der Waals surface area contributed by atoms with Gasteiger partial charge in [0.15, 0.2) is 11.2 Å². The van der Waals surface area contributed by atoms with Crippen molar-refractivity contribution in [3.8, 4) is 0 Å². The third kappa shape index (κ3) is 3.78. The number of rotatable bonds is 4. The zero-order valence-corrected chi connectivity index (χ0v) is 17.7. The molecule has 0 radical (unpaired) electrons. The molecule has 158 valence electrons. The van der Waals surface area contributed by atoms with Crippen molar-refractivity contribution < 1.29 is 4.79 Å². The summed E-state index contributed by atoms with van der Waals surface area (Å²) in [5.41, 5.74) is 0.743. The number of carbonyl (C=O) groups is 1. The van der Waals surface area contributed by atoms with Gasteiger partial charge >= 0.3 is 5.69 Å². The SMILES string of the molecule is Cn1cnc2c1c(=O)n(CC(=O)N1CCN(Cc3ccc(Cl)cc3)CC1)c(=O)n2C. The first-order valence-corrected chi connectivity index (χ1v) is 10.1. The average Bonchev–Trinajstić information content (AvgIpc) is 3.13. The van der Waals surface area contributed by atoms with Gasteiger partial charge in [-0.15, -0.1) is 0 Å². The van der Waals surface area contributed by atoms with Crippen LogP contribution in [0.25, 0.3) is 11.2 Å². The molecular formula is C20H23ClN6O3. The van der Waals surface area contributed by atoms with Crippen LogP contribution >= 0.6 is 11.6 Å². The number of benzene rings is 1. The van der Waals surface area contributed by atoms with Crippen LogP contribution < -0.4 is 11.2 Å². The van der Waals surface area contributed by atoms with Gasteiger partial charge in [-0.05, 0) is 17.7 Å². The molecule has 1 saturated heterocycles. The van der Waals surface area contributed by atoms with Crippen molar-refractivity contribution in [3.05, 3.63) is 62.0 Å². The number of imidazole rings is 1. The molecule has 1 aromatic carbocycles. The number of nitrogens with zero attached hydrogens (tertiary/aromatic N) is 6. The molecule has 0 spiro atoms. The minimum Gasteiger partial charge on any atom is -0.339 e. The summed E-state index contributed by atoms with van der Waals surface area (Å²) in [4.78, 5) is 46.3. The van der Waals surface area contributed by atoms with Gasteiger partial charge in [0.1, 0.15) is 6.54 Å². The Hall–Kier alpha value is -2.91. The second-order valence-corrected chi connectivity index (χ2v) is 7.98. The first kappa shape index (κ1) is 20.4. The fourth-order valence-electron chi connectivity index (χ4n) is 3.77. The Balaban J connectivity index is 1.44. The first-order valence-electron chi connectivity index (χ1n) is 9.70. The molecule has 0 atom stereocenters. The molecule has 10 heteroatoms. The van der Waals surface area contributed by atoms with Crippen molar-refractivity contribution in [2.75, 3.05) is 26.2 Å². The zero-order valence-electron chi connectivity index (χ0n) is 16.9. The summed E-state index contributed by atoms with van der Waals surface area (Å²) >= 11 is 5.93. The third-order valence-corrected chi connectivity index (χ3v) is 5.79. The molecule has 0 saturated carbocycles. The molecule has 1 aliphatic heterocycles. The van der Waals surface area contributed by atoms with Gasteiger partial charge in [-0.2, -0.15) is 0 Å². The molecule has 9 nitrogen and oxygen atoms in total. The van der Waals surface area contributed by atoms with Crippen LogP contribution in [0.3, 0.4) is 0 Å². The highest BCUT2D eigenvalue weighted by Crippen LogP contribution is 2.13. The van der Waals surface area contributed by atoms with Crippen LogP contribution in [0, 0.1) is 0 Å². The molecule has 0 N–H and O–H groups in total. The summed E-state index contributed by atoms with van der Waals surface area (Å²) in [6.45, 7) is 3.06. The van der Waals surface area contributed by atoms with Crippen LogP contribution in [0.1, 0.15) is 5.56 Å². The van der Waals surface area contributed by atoms with Crippen molar-refractivity contribution >= 4 is 28.7 Å². The number of carbonyl (C=O) groups excluding carboxylic acids is 1. The van der Waals surface area contributed by atoms with E-state index in [0.29, 0.717) is 29.3 Å². The molecule has 30 heavy (non-hydrogen) atoms. The van der Waals surface area contributed by atoms with Gasteiger partial charge in [0, 0.05) is 51.8 Å². The molecule has 2 aromatic heterocycles. The van der Waals surface area contributed by atoms with Crippen LogP contribution in [-0.4, -0.2) is 60.6 Å².